The Morgan fingerprint density at radius 1 is 1.11 bits per heavy atom. The van der Waals surface area contributed by atoms with Crippen LogP contribution in [0.1, 0.15) is 24.0 Å². The first-order valence-electron chi connectivity index (χ1n) is 5.86. The van der Waals surface area contributed by atoms with Crippen molar-refractivity contribution in [3.05, 3.63) is 29.3 Å². The summed E-state index contributed by atoms with van der Waals surface area (Å²) in [6.45, 7) is 0. The Labute approximate surface area is 109 Å². The van der Waals surface area contributed by atoms with E-state index in [4.69, 9.17) is 0 Å². The Morgan fingerprint density at radius 3 is 2.37 bits per heavy atom. The van der Waals surface area contributed by atoms with Crippen molar-refractivity contribution in [1.82, 2.24) is 0 Å². The van der Waals surface area contributed by atoms with E-state index in [9.17, 15) is 21.6 Å². The van der Waals surface area contributed by atoms with Crippen LogP contribution < -0.4 is 4.18 Å². The Balaban J connectivity index is 2.15. The SMILES string of the molecule is O=S(=O)(CC(F)(F)F)Oc1ccc2c(c1)CCCC2. The van der Waals surface area contributed by atoms with E-state index < -0.39 is 22.0 Å². The van der Waals surface area contributed by atoms with Gasteiger partial charge in [-0.2, -0.15) is 21.6 Å². The van der Waals surface area contributed by atoms with Crippen molar-refractivity contribution in [3.63, 3.8) is 0 Å². The summed E-state index contributed by atoms with van der Waals surface area (Å²) in [6, 6.07) is 4.63. The van der Waals surface area contributed by atoms with Crippen LogP contribution in [0.25, 0.3) is 0 Å². The number of fused-ring (bicyclic) bond motifs is 1. The van der Waals surface area contributed by atoms with Gasteiger partial charge in [0.15, 0.2) is 5.75 Å². The molecule has 0 saturated carbocycles. The number of hydrogen-bond donors (Lipinski definition) is 0. The van der Waals surface area contributed by atoms with Gasteiger partial charge in [-0.15, -0.1) is 0 Å². The lowest BCUT2D eigenvalue weighted by Crippen LogP contribution is -2.26. The minimum absolute atomic E-state index is 0.0510. The van der Waals surface area contributed by atoms with E-state index >= 15 is 0 Å². The van der Waals surface area contributed by atoms with Crippen molar-refractivity contribution in [2.75, 3.05) is 5.75 Å². The van der Waals surface area contributed by atoms with Crippen LogP contribution in [0.3, 0.4) is 0 Å². The summed E-state index contributed by atoms with van der Waals surface area (Å²) in [5, 5.41) is 0. The summed E-state index contributed by atoms with van der Waals surface area (Å²) in [4.78, 5) is 0. The van der Waals surface area contributed by atoms with E-state index in [0.717, 1.165) is 36.8 Å². The molecule has 2 rings (SSSR count). The molecule has 0 fully saturated rings. The van der Waals surface area contributed by atoms with Gasteiger partial charge in [0.05, 0.1) is 0 Å². The molecular formula is C12H13F3O3S. The summed E-state index contributed by atoms with van der Waals surface area (Å²) in [5.74, 6) is -2.03. The molecule has 0 amide bonds. The highest BCUT2D eigenvalue weighted by atomic mass is 32.2. The number of aryl methyl sites for hydroxylation is 2. The molecule has 1 aliphatic rings. The zero-order valence-corrected chi connectivity index (χ0v) is 10.9. The third-order valence-electron chi connectivity index (χ3n) is 2.88. The predicted molar refractivity (Wildman–Crippen MR) is 63.6 cm³/mol. The van der Waals surface area contributed by atoms with Crippen LogP contribution in [-0.2, 0) is 23.0 Å². The molecule has 1 aromatic carbocycles. The third-order valence-corrected chi connectivity index (χ3v) is 4.01. The lowest BCUT2D eigenvalue weighted by molar-refractivity contribution is -0.107. The van der Waals surface area contributed by atoms with Crippen molar-refractivity contribution in [3.8, 4) is 5.75 Å². The molecule has 0 unspecified atom stereocenters. The molecule has 0 heterocycles. The van der Waals surface area contributed by atoms with Crippen molar-refractivity contribution in [2.45, 2.75) is 31.9 Å². The van der Waals surface area contributed by atoms with Crippen LogP contribution in [0.2, 0.25) is 0 Å². The number of benzene rings is 1. The summed E-state index contributed by atoms with van der Waals surface area (Å²) < 4.78 is 63.2. The van der Waals surface area contributed by atoms with Gasteiger partial charge in [-0.3, -0.25) is 0 Å². The van der Waals surface area contributed by atoms with Gasteiger partial charge in [0, 0.05) is 0 Å². The average Bonchev–Trinajstić information content (AvgIpc) is 2.24. The van der Waals surface area contributed by atoms with E-state index in [0.29, 0.717) is 0 Å². The second-order valence-electron chi connectivity index (χ2n) is 4.54. The largest absolute Gasteiger partial charge is 0.406 e. The number of alkyl halides is 3. The zero-order chi connectivity index (χ0) is 14.1. The molecule has 3 nitrogen and oxygen atoms in total. The highest BCUT2D eigenvalue weighted by Crippen LogP contribution is 2.27. The highest BCUT2D eigenvalue weighted by molar-refractivity contribution is 7.87. The van der Waals surface area contributed by atoms with Crippen molar-refractivity contribution < 1.29 is 25.8 Å². The second-order valence-corrected chi connectivity index (χ2v) is 6.11. The van der Waals surface area contributed by atoms with Crippen LogP contribution in [0.5, 0.6) is 5.75 Å². The van der Waals surface area contributed by atoms with E-state index in [1.165, 1.54) is 12.1 Å². The van der Waals surface area contributed by atoms with Crippen LogP contribution in [0, 0.1) is 0 Å². The Bertz CT molecular complexity index is 564. The molecule has 0 atom stereocenters. The average molecular weight is 294 g/mol. The molecule has 0 radical (unpaired) electrons. The maximum absolute atomic E-state index is 12.1. The van der Waals surface area contributed by atoms with Gasteiger partial charge in [0.25, 0.3) is 0 Å². The fourth-order valence-electron chi connectivity index (χ4n) is 2.14. The van der Waals surface area contributed by atoms with E-state index in [1.807, 2.05) is 0 Å². The number of hydrogen-bond acceptors (Lipinski definition) is 3. The fourth-order valence-corrected chi connectivity index (χ4v) is 2.99. The third kappa shape index (κ3) is 4.12. The first-order chi connectivity index (χ1) is 8.75. The molecule has 7 heteroatoms. The van der Waals surface area contributed by atoms with Crippen LogP contribution in [0.4, 0.5) is 13.2 Å². The van der Waals surface area contributed by atoms with Gasteiger partial charge in [-0.1, -0.05) is 6.07 Å². The zero-order valence-electron chi connectivity index (χ0n) is 10.0. The topological polar surface area (TPSA) is 43.4 Å². The Morgan fingerprint density at radius 2 is 1.74 bits per heavy atom. The molecule has 1 aliphatic carbocycles. The lowest BCUT2D eigenvalue weighted by Gasteiger charge is -2.16. The maximum atomic E-state index is 12.1. The van der Waals surface area contributed by atoms with Gasteiger partial charge in [-0.05, 0) is 48.9 Å². The molecule has 0 aromatic heterocycles. The quantitative estimate of drug-likeness (QED) is 0.805. The Kier molecular flexibility index (Phi) is 3.75. The van der Waals surface area contributed by atoms with Crippen LogP contribution in [0.15, 0.2) is 18.2 Å². The summed E-state index contributed by atoms with van der Waals surface area (Å²) >= 11 is 0. The lowest BCUT2D eigenvalue weighted by atomic mass is 9.92. The van der Waals surface area contributed by atoms with Gasteiger partial charge >= 0.3 is 16.3 Å². The molecule has 19 heavy (non-hydrogen) atoms. The van der Waals surface area contributed by atoms with E-state index in [1.54, 1.807) is 6.07 Å². The molecule has 0 spiro atoms. The molecule has 1 aromatic rings. The molecule has 0 saturated heterocycles. The van der Waals surface area contributed by atoms with Gasteiger partial charge in [0.1, 0.15) is 5.75 Å². The van der Waals surface area contributed by atoms with Crippen LogP contribution in [-0.4, -0.2) is 20.3 Å². The first-order valence-corrected chi connectivity index (χ1v) is 7.44. The first kappa shape index (κ1) is 14.2. The molecule has 0 aliphatic heterocycles. The summed E-state index contributed by atoms with van der Waals surface area (Å²) in [6.07, 6.45) is -1.03. The summed E-state index contributed by atoms with van der Waals surface area (Å²) in [5.41, 5.74) is 2.05. The fraction of sp³-hybridized carbons (Fsp3) is 0.500. The monoisotopic (exact) mass is 294 g/mol. The smallest absolute Gasteiger partial charge is 0.382 e. The molecular weight excluding hydrogens is 281 g/mol. The highest BCUT2D eigenvalue weighted by Gasteiger charge is 2.36. The minimum atomic E-state index is -4.80. The minimum Gasteiger partial charge on any atom is -0.382 e. The standard InChI is InChI=1S/C12H13F3O3S/c13-12(14,15)8-19(16,17)18-11-6-5-9-3-1-2-4-10(9)7-11/h5-7H,1-4,8H2. The van der Waals surface area contributed by atoms with Crippen LogP contribution >= 0.6 is 0 Å². The van der Waals surface area contributed by atoms with E-state index in [2.05, 4.69) is 4.18 Å². The molecule has 0 N–H and O–H groups in total. The van der Waals surface area contributed by atoms with Crippen molar-refractivity contribution in [2.24, 2.45) is 0 Å². The van der Waals surface area contributed by atoms with Crippen molar-refractivity contribution in [1.29, 1.82) is 0 Å². The summed E-state index contributed by atoms with van der Waals surface area (Å²) in [7, 11) is -4.64. The van der Waals surface area contributed by atoms with Gasteiger partial charge < -0.3 is 4.18 Å². The Hall–Kier alpha value is -1.24. The van der Waals surface area contributed by atoms with Gasteiger partial charge in [-0.25, -0.2) is 0 Å². The predicted octanol–water partition coefficient (Wildman–Crippen LogP) is 2.84. The van der Waals surface area contributed by atoms with Gasteiger partial charge in [0.2, 0.25) is 0 Å². The van der Waals surface area contributed by atoms with Crippen molar-refractivity contribution >= 4 is 10.1 Å². The number of halogens is 3. The van der Waals surface area contributed by atoms with E-state index in [-0.39, 0.29) is 5.75 Å². The molecule has 106 valence electrons. The maximum Gasteiger partial charge on any atom is 0.406 e. The number of rotatable bonds is 3. The second kappa shape index (κ2) is 5.03. The molecule has 0 bridgehead atoms. The normalized spacial score (nSPS) is 15.9.